The minimum absolute atomic E-state index is 0.476. The van der Waals surface area contributed by atoms with Gasteiger partial charge in [0.05, 0.1) is 12.2 Å². The average molecular weight is 154 g/mol. The van der Waals surface area contributed by atoms with Crippen molar-refractivity contribution in [2.75, 3.05) is 0 Å². The first-order valence-electron chi connectivity index (χ1n) is 4.63. The van der Waals surface area contributed by atoms with Gasteiger partial charge in [0, 0.05) is 0 Å². The predicted octanol–water partition coefficient (Wildman–Crippen LogP) is 2.91. The Bertz CT molecular complexity index is 120. The highest BCUT2D eigenvalue weighted by Crippen LogP contribution is 2.24. The van der Waals surface area contributed by atoms with Crippen LogP contribution >= 0.6 is 0 Å². The van der Waals surface area contributed by atoms with Crippen LogP contribution in [-0.4, -0.2) is 12.2 Å². The average Bonchev–Trinajstić information content (AvgIpc) is 2.38. The molecule has 2 unspecified atom stereocenters. The summed E-state index contributed by atoms with van der Waals surface area (Å²) in [5.41, 5.74) is 0. The van der Waals surface area contributed by atoms with E-state index in [2.05, 4.69) is 13.5 Å². The standard InChI is InChI=1S/C10H18O/c1-3-5-9-7-8-10(11-9)6-4-2/h3,9-10H,1,4-8H2,2H3. The van der Waals surface area contributed by atoms with Gasteiger partial charge in [0.2, 0.25) is 0 Å². The van der Waals surface area contributed by atoms with Crippen molar-refractivity contribution < 1.29 is 4.74 Å². The van der Waals surface area contributed by atoms with Gasteiger partial charge in [-0.2, -0.15) is 0 Å². The minimum Gasteiger partial charge on any atom is -0.375 e. The van der Waals surface area contributed by atoms with E-state index in [4.69, 9.17) is 4.74 Å². The van der Waals surface area contributed by atoms with Crippen molar-refractivity contribution in [1.29, 1.82) is 0 Å². The van der Waals surface area contributed by atoms with Crippen LogP contribution < -0.4 is 0 Å². The van der Waals surface area contributed by atoms with Crippen molar-refractivity contribution in [2.45, 2.75) is 51.2 Å². The molecule has 0 amide bonds. The Morgan fingerprint density at radius 2 is 2.18 bits per heavy atom. The van der Waals surface area contributed by atoms with Gasteiger partial charge >= 0.3 is 0 Å². The van der Waals surface area contributed by atoms with E-state index in [1.807, 2.05) is 6.08 Å². The monoisotopic (exact) mass is 154 g/mol. The van der Waals surface area contributed by atoms with Crippen LogP contribution in [0.5, 0.6) is 0 Å². The molecule has 0 N–H and O–H groups in total. The van der Waals surface area contributed by atoms with Gasteiger partial charge in [0.1, 0.15) is 0 Å². The van der Waals surface area contributed by atoms with Crippen molar-refractivity contribution in [3.8, 4) is 0 Å². The van der Waals surface area contributed by atoms with Crippen LogP contribution in [0.25, 0.3) is 0 Å². The van der Waals surface area contributed by atoms with Gasteiger partial charge in [-0.1, -0.05) is 19.4 Å². The molecule has 11 heavy (non-hydrogen) atoms. The molecule has 1 aliphatic rings. The van der Waals surface area contributed by atoms with Crippen molar-refractivity contribution >= 4 is 0 Å². The molecule has 64 valence electrons. The van der Waals surface area contributed by atoms with E-state index in [0.29, 0.717) is 12.2 Å². The number of rotatable bonds is 4. The largest absolute Gasteiger partial charge is 0.375 e. The minimum atomic E-state index is 0.476. The topological polar surface area (TPSA) is 9.23 Å². The second-order valence-electron chi connectivity index (χ2n) is 3.27. The van der Waals surface area contributed by atoms with E-state index in [1.165, 1.54) is 25.7 Å². The Morgan fingerprint density at radius 3 is 2.82 bits per heavy atom. The molecule has 0 aliphatic carbocycles. The number of hydrogen-bond donors (Lipinski definition) is 0. The third kappa shape index (κ3) is 2.66. The van der Waals surface area contributed by atoms with Crippen LogP contribution in [0.4, 0.5) is 0 Å². The molecule has 1 nitrogen and oxygen atoms in total. The molecule has 0 bridgehead atoms. The first-order valence-corrected chi connectivity index (χ1v) is 4.63. The highest BCUT2D eigenvalue weighted by Gasteiger charge is 2.22. The van der Waals surface area contributed by atoms with Gasteiger partial charge in [-0.15, -0.1) is 6.58 Å². The van der Waals surface area contributed by atoms with Crippen molar-refractivity contribution in [3.05, 3.63) is 12.7 Å². The maximum Gasteiger partial charge on any atom is 0.0614 e. The Morgan fingerprint density at radius 1 is 1.45 bits per heavy atom. The lowest BCUT2D eigenvalue weighted by molar-refractivity contribution is 0.0422. The highest BCUT2D eigenvalue weighted by molar-refractivity contribution is 4.79. The molecular formula is C10H18O. The van der Waals surface area contributed by atoms with Crippen LogP contribution in [0.15, 0.2) is 12.7 Å². The van der Waals surface area contributed by atoms with Crippen LogP contribution in [0.2, 0.25) is 0 Å². The summed E-state index contributed by atoms with van der Waals surface area (Å²) in [7, 11) is 0. The molecule has 1 rings (SSSR count). The second kappa shape index (κ2) is 4.55. The fourth-order valence-electron chi connectivity index (χ4n) is 1.67. The zero-order valence-electron chi connectivity index (χ0n) is 7.38. The molecule has 0 aromatic heterocycles. The van der Waals surface area contributed by atoms with Gasteiger partial charge in [-0.05, 0) is 25.7 Å². The SMILES string of the molecule is C=CCC1CCC(CCC)O1. The maximum absolute atomic E-state index is 5.77. The van der Waals surface area contributed by atoms with Crippen molar-refractivity contribution in [1.82, 2.24) is 0 Å². The lowest BCUT2D eigenvalue weighted by Crippen LogP contribution is -2.09. The first-order chi connectivity index (χ1) is 5.36. The summed E-state index contributed by atoms with van der Waals surface area (Å²) in [6.07, 6.45) is 8.97. The fraction of sp³-hybridized carbons (Fsp3) is 0.800. The second-order valence-corrected chi connectivity index (χ2v) is 3.27. The molecule has 2 atom stereocenters. The summed E-state index contributed by atoms with van der Waals surface area (Å²) in [5.74, 6) is 0. The van der Waals surface area contributed by atoms with E-state index in [9.17, 15) is 0 Å². The lowest BCUT2D eigenvalue weighted by Gasteiger charge is -2.10. The molecule has 0 aromatic rings. The Hall–Kier alpha value is -0.300. The van der Waals surface area contributed by atoms with Crippen molar-refractivity contribution in [2.24, 2.45) is 0 Å². The molecule has 0 aromatic carbocycles. The quantitative estimate of drug-likeness (QED) is 0.566. The summed E-state index contributed by atoms with van der Waals surface area (Å²) in [5, 5.41) is 0. The van der Waals surface area contributed by atoms with Crippen LogP contribution in [0.3, 0.4) is 0 Å². The molecule has 1 heteroatoms. The summed E-state index contributed by atoms with van der Waals surface area (Å²) in [6, 6.07) is 0. The zero-order chi connectivity index (χ0) is 8.10. The molecule has 1 fully saturated rings. The normalized spacial score (nSPS) is 30.6. The summed E-state index contributed by atoms with van der Waals surface area (Å²) < 4.78 is 5.77. The Kier molecular flexibility index (Phi) is 3.64. The van der Waals surface area contributed by atoms with Crippen LogP contribution in [-0.2, 0) is 4.74 Å². The predicted molar refractivity (Wildman–Crippen MR) is 47.6 cm³/mol. The molecule has 0 spiro atoms. The first kappa shape index (κ1) is 8.79. The molecular weight excluding hydrogens is 136 g/mol. The highest BCUT2D eigenvalue weighted by atomic mass is 16.5. The van der Waals surface area contributed by atoms with Crippen LogP contribution in [0, 0.1) is 0 Å². The Balaban J connectivity index is 2.17. The van der Waals surface area contributed by atoms with Gasteiger partial charge in [0.15, 0.2) is 0 Å². The van der Waals surface area contributed by atoms with E-state index >= 15 is 0 Å². The van der Waals surface area contributed by atoms with Gasteiger partial charge in [0.25, 0.3) is 0 Å². The number of ether oxygens (including phenoxy) is 1. The summed E-state index contributed by atoms with van der Waals surface area (Å²) in [4.78, 5) is 0. The summed E-state index contributed by atoms with van der Waals surface area (Å²) >= 11 is 0. The zero-order valence-corrected chi connectivity index (χ0v) is 7.38. The third-order valence-electron chi connectivity index (χ3n) is 2.24. The molecule has 1 heterocycles. The molecule has 1 aliphatic heterocycles. The van der Waals surface area contributed by atoms with Crippen LogP contribution in [0.1, 0.15) is 39.0 Å². The maximum atomic E-state index is 5.77. The Labute approximate surface area is 69.4 Å². The molecule has 0 saturated carbocycles. The number of hydrogen-bond acceptors (Lipinski definition) is 1. The van der Waals surface area contributed by atoms with E-state index in [1.54, 1.807) is 0 Å². The smallest absolute Gasteiger partial charge is 0.0614 e. The third-order valence-corrected chi connectivity index (χ3v) is 2.24. The van der Waals surface area contributed by atoms with Gasteiger partial charge in [-0.25, -0.2) is 0 Å². The van der Waals surface area contributed by atoms with E-state index < -0.39 is 0 Å². The van der Waals surface area contributed by atoms with Gasteiger partial charge < -0.3 is 4.74 Å². The lowest BCUT2D eigenvalue weighted by atomic mass is 10.1. The fourth-order valence-corrected chi connectivity index (χ4v) is 1.67. The van der Waals surface area contributed by atoms with E-state index in [0.717, 1.165) is 6.42 Å². The van der Waals surface area contributed by atoms with Crippen molar-refractivity contribution in [3.63, 3.8) is 0 Å². The van der Waals surface area contributed by atoms with E-state index in [-0.39, 0.29) is 0 Å². The summed E-state index contributed by atoms with van der Waals surface area (Å²) in [6.45, 7) is 5.93. The molecule has 0 radical (unpaired) electrons. The molecule has 1 saturated heterocycles. The van der Waals surface area contributed by atoms with Gasteiger partial charge in [-0.3, -0.25) is 0 Å².